The number of methoxy groups -OCH3 is 1. The molecule has 4 aromatic rings. The number of halogens is 2. The van der Waals surface area contributed by atoms with Crippen molar-refractivity contribution in [2.24, 2.45) is 0 Å². The molecule has 1 unspecified atom stereocenters. The van der Waals surface area contributed by atoms with Crippen LogP contribution in [0.5, 0.6) is 0 Å². The highest BCUT2D eigenvalue weighted by Crippen LogP contribution is 2.36. The van der Waals surface area contributed by atoms with E-state index in [1.807, 2.05) is 25.1 Å². The number of carbonyl (C=O) groups excluding carboxylic acids is 1. The number of nitriles is 1. The summed E-state index contributed by atoms with van der Waals surface area (Å²) in [7, 11) is 1.33. The lowest BCUT2D eigenvalue weighted by atomic mass is 9.91. The standard InChI is InChI=1S/C27H22Cl2N6O2/c1-15-11-20(21(13-30)16-3-7-18(28)8-4-16)22(29)12-23(15)35-26-24(31)25(32-14-33-26)34-19-9-5-17(6-10-19)27(36)37-2/h3-12,14,21H,31H2,1-2H3,(H2,32,33,34,35). The molecular formula is C27H22Cl2N6O2. The van der Waals surface area contributed by atoms with Gasteiger partial charge in [0.2, 0.25) is 0 Å². The Morgan fingerprint density at radius 1 is 1.03 bits per heavy atom. The maximum absolute atomic E-state index is 11.6. The van der Waals surface area contributed by atoms with Crippen molar-refractivity contribution in [1.82, 2.24) is 9.97 Å². The van der Waals surface area contributed by atoms with Gasteiger partial charge in [-0.3, -0.25) is 0 Å². The van der Waals surface area contributed by atoms with Gasteiger partial charge in [0.1, 0.15) is 12.0 Å². The van der Waals surface area contributed by atoms with Crippen LogP contribution in [0.1, 0.15) is 33.0 Å². The highest BCUT2D eigenvalue weighted by molar-refractivity contribution is 6.32. The smallest absolute Gasteiger partial charge is 0.337 e. The van der Waals surface area contributed by atoms with Gasteiger partial charge in [0.25, 0.3) is 0 Å². The zero-order valence-corrected chi connectivity index (χ0v) is 21.4. The summed E-state index contributed by atoms with van der Waals surface area (Å²) in [5.74, 6) is -0.210. The van der Waals surface area contributed by atoms with Crippen molar-refractivity contribution >= 4 is 57.9 Å². The number of nitrogen functional groups attached to an aromatic ring is 1. The van der Waals surface area contributed by atoms with Crippen LogP contribution in [0.4, 0.5) is 28.7 Å². The third-order valence-electron chi connectivity index (χ3n) is 5.69. The largest absolute Gasteiger partial charge is 0.465 e. The van der Waals surface area contributed by atoms with Crippen molar-refractivity contribution in [1.29, 1.82) is 5.26 Å². The Kier molecular flexibility index (Phi) is 7.77. The van der Waals surface area contributed by atoms with E-state index < -0.39 is 11.9 Å². The van der Waals surface area contributed by atoms with Crippen molar-refractivity contribution in [3.63, 3.8) is 0 Å². The van der Waals surface area contributed by atoms with E-state index in [0.29, 0.717) is 44.2 Å². The maximum Gasteiger partial charge on any atom is 0.337 e. The van der Waals surface area contributed by atoms with Crippen LogP contribution in [0.3, 0.4) is 0 Å². The molecule has 0 fully saturated rings. The van der Waals surface area contributed by atoms with E-state index in [1.54, 1.807) is 42.5 Å². The van der Waals surface area contributed by atoms with E-state index in [2.05, 4.69) is 26.7 Å². The lowest BCUT2D eigenvalue weighted by Crippen LogP contribution is -2.07. The molecule has 0 amide bonds. The van der Waals surface area contributed by atoms with Crippen LogP contribution in [0, 0.1) is 18.3 Å². The molecule has 0 aliphatic rings. The topological polar surface area (TPSA) is 126 Å². The van der Waals surface area contributed by atoms with Gasteiger partial charge in [0.15, 0.2) is 11.6 Å². The third-order valence-corrected chi connectivity index (χ3v) is 6.27. The van der Waals surface area contributed by atoms with Crippen LogP contribution < -0.4 is 16.4 Å². The zero-order chi connectivity index (χ0) is 26.5. The van der Waals surface area contributed by atoms with Crippen molar-refractivity contribution in [3.8, 4) is 6.07 Å². The molecule has 1 aromatic heterocycles. The van der Waals surface area contributed by atoms with Crippen molar-refractivity contribution in [3.05, 3.63) is 99.3 Å². The van der Waals surface area contributed by atoms with E-state index in [4.69, 9.17) is 33.7 Å². The first-order valence-electron chi connectivity index (χ1n) is 11.1. The molecule has 0 saturated heterocycles. The molecule has 1 atom stereocenters. The maximum atomic E-state index is 11.6. The number of benzene rings is 3. The van der Waals surface area contributed by atoms with Gasteiger partial charge in [-0.15, -0.1) is 0 Å². The van der Waals surface area contributed by atoms with E-state index in [-0.39, 0.29) is 5.69 Å². The number of nitrogens with zero attached hydrogens (tertiary/aromatic N) is 3. The predicted molar refractivity (Wildman–Crippen MR) is 146 cm³/mol. The number of anilines is 5. The SMILES string of the molecule is COC(=O)c1ccc(Nc2ncnc(Nc3cc(Cl)c(C(C#N)c4ccc(Cl)cc4)cc3C)c2N)cc1. The Morgan fingerprint density at radius 3 is 2.30 bits per heavy atom. The number of aromatic nitrogens is 2. The lowest BCUT2D eigenvalue weighted by Gasteiger charge is -2.17. The van der Waals surface area contributed by atoms with E-state index in [9.17, 15) is 10.1 Å². The molecule has 4 rings (SSSR count). The molecule has 37 heavy (non-hydrogen) atoms. The highest BCUT2D eigenvalue weighted by Gasteiger charge is 2.19. The number of ether oxygens (including phenoxy) is 1. The summed E-state index contributed by atoms with van der Waals surface area (Å²) in [6.45, 7) is 1.90. The first-order chi connectivity index (χ1) is 17.8. The lowest BCUT2D eigenvalue weighted by molar-refractivity contribution is 0.0601. The normalized spacial score (nSPS) is 11.3. The summed E-state index contributed by atoms with van der Waals surface area (Å²) in [6, 6.07) is 19.8. The molecule has 4 N–H and O–H groups in total. The van der Waals surface area contributed by atoms with Gasteiger partial charge in [-0.25, -0.2) is 14.8 Å². The fourth-order valence-corrected chi connectivity index (χ4v) is 4.10. The van der Waals surface area contributed by atoms with Crippen LogP contribution >= 0.6 is 23.2 Å². The number of nitrogens with two attached hydrogens (primary N) is 1. The van der Waals surface area contributed by atoms with Gasteiger partial charge in [-0.05, 0) is 66.1 Å². The Bertz CT molecular complexity index is 1490. The van der Waals surface area contributed by atoms with E-state index >= 15 is 0 Å². The number of esters is 1. The molecule has 0 aliphatic heterocycles. The van der Waals surface area contributed by atoms with Crippen molar-refractivity contribution in [2.75, 3.05) is 23.5 Å². The number of carbonyl (C=O) groups is 1. The van der Waals surface area contributed by atoms with Crippen LogP contribution in [0.15, 0.2) is 67.0 Å². The van der Waals surface area contributed by atoms with Crippen LogP contribution in [0.25, 0.3) is 0 Å². The molecule has 186 valence electrons. The number of hydrogen-bond acceptors (Lipinski definition) is 8. The molecular weight excluding hydrogens is 511 g/mol. The molecule has 1 heterocycles. The zero-order valence-electron chi connectivity index (χ0n) is 19.9. The Hall–Kier alpha value is -4.32. The summed E-state index contributed by atoms with van der Waals surface area (Å²) in [5, 5.41) is 17.2. The Morgan fingerprint density at radius 2 is 1.68 bits per heavy atom. The monoisotopic (exact) mass is 532 g/mol. The highest BCUT2D eigenvalue weighted by atomic mass is 35.5. The fraction of sp³-hybridized carbons (Fsp3) is 0.111. The van der Waals surface area contributed by atoms with Crippen LogP contribution in [-0.2, 0) is 4.74 Å². The summed E-state index contributed by atoms with van der Waals surface area (Å²) in [4.78, 5) is 20.1. The van der Waals surface area contributed by atoms with Crippen molar-refractivity contribution in [2.45, 2.75) is 12.8 Å². The second-order valence-corrected chi connectivity index (χ2v) is 8.95. The van der Waals surface area contributed by atoms with E-state index in [1.165, 1.54) is 13.4 Å². The summed E-state index contributed by atoms with van der Waals surface area (Å²) >= 11 is 12.6. The molecule has 10 heteroatoms. The minimum Gasteiger partial charge on any atom is -0.465 e. The van der Waals surface area contributed by atoms with Gasteiger partial charge in [-0.1, -0.05) is 41.4 Å². The van der Waals surface area contributed by atoms with Gasteiger partial charge >= 0.3 is 5.97 Å². The average molecular weight is 533 g/mol. The Balaban J connectivity index is 1.57. The molecule has 8 nitrogen and oxygen atoms in total. The van der Waals surface area contributed by atoms with Gasteiger partial charge in [-0.2, -0.15) is 5.26 Å². The second-order valence-electron chi connectivity index (χ2n) is 8.11. The molecule has 0 spiro atoms. The molecule has 0 radical (unpaired) electrons. The van der Waals surface area contributed by atoms with Gasteiger partial charge < -0.3 is 21.1 Å². The van der Waals surface area contributed by atoms with E-state index in [0.717, 1.165) is 11.1 Å². The molecule has 0 saturated carbocycles. The predicted octanol–water partition coefficient (Wildman–Crippen LogP) is 6.60. The number of nitrogens with one attached hydrogen (secondary N) is 2. The quantitative estimate of drug-likeness (QED) is 0.227. The summed E-state index contributed by atoms with van der Waals surface area (Å²) < 4.78 is 4.72. The molecule has 0 aliphatic carbocycles. The number of rotatable bonds is 7. The number of hydrogen-bond donors (Lipinski definition) is 3. The minimum atomic E-state index is -0.553. The third kappa shape index (κ3) is 5.75. The molecule has 3 aromatic carbocycles. The molecule has 0 bridgehead atoms. The first-order valence-corrected chi connectivity index (χ1v) is 11.8. The van der Waals surface area contributed by atoms with Gasteiger partial charge in [0.05, 0.1) is 24.7 Å². The number of aryl methyl sites for hydroxylation is 1. The second kappa shape index (κ2) is 11.2. The summed E-state index contributed by atoms with van der Waals surface area (Å²) in [5.41, 5.74) is 10.7. The Labute approximate surface area is 224 Å². The minimum absolute atomic E-state index is 0.287. The first kappa shape index (κ1) is 25.8. The van der Waals surface area contributed by atoms with Crippen LogP contribution in [0.2, 0.25) is 10.0 Å². The fourth-order valence-electron chi connectivity index (χ4n) is 3.71. The average Bonchev–Trinajstić information content (AvgIpc) is 2.90. The van der Waals surface area contributed by atoms with Crippen molar-refractivity contribution < 1.29 is 9.53 Å². The summed E-state index contributed by atoms with van der Waals surface area (Å²) in [6.07, 6.45) is 1.38. The van der Waals surface area contributed by atoms with Crippen LogP contribution in [-0.4, -0.2) is 23.0 Å². The van der Waals surface area contributed by atoms with Gasteiger partial charge in [0, 0.05) is 21.4 Å².